The van der Waals surface area contributed by atoms with Crippen LogP contribution in [0.2, 0.25) is 0 Å². The van der Waals surface area contributed by atoms with Crippen molar-refractivity contribution >= 4 is 11.6 Å². The molecule has 3 rings (SSSR count). The van der Waals surface area contributed by atoms with Crippen LogP contribution in [0.15, 0.2) is 48.5 Å². The van der Waals surface area contributed by atoms with E-state index in [2.05, 4.69) is 20.7 Å². The number of amides is 1. The van der Waals surface area contributed by atoms with Crippen LogP contribution in [0.3, 0.4) is 0 Å². The smallest absolute Gasteiger partial charge is 0.248 e. The molecular formula is C15H11F2N5O. The van der Waals surface area contributed by atoms with E-state index in [-0.39, 0.29) is 12.2 Å². The van der Waals surface area contributed by atoms with Gasteiger partial charge in [-0.2, -0.15) is 4.80 Å². The number of aromatic nitrogens is 4. The van der Waals surface area contributed by atoms with Gasteiger partial charge in [0.2, 0.25) is 11.7 Å². The van der Waals surface area contributed by atoms with Crippen LogP contribution in [-0.4, -0.2) is 26.1 Å². The second-order valence-electron chi connectivity index (χ2n) is 4.69. The molecule has 8 heteroatoms. The van der Waals surface area contributed by atoms with E-state index in [0.29, 0.717) is 5.82 Å². The fraction of sp³-hybridized carbons (Fsp3) is 0.0667. The van der Waals surface area contributed by atoms with Crippen molar-refractivity contribution in [1.29, 1.82) is 0 Å². The maximum absolute atomic E-state index is 13.1. The molecular weight excluding hydrogens is 304 g/mol. The van der Waals surface area contributed by atoms with E-state index in [1.54, 1.807) is 0 Å². The third kappa shape index (κ3) is 3.54. The van der Waals surface area contributed by atoms with Crippen molar-refractivity contribution in [3.8, 4) is 11.4 Å². The van der Waals surface area contributed by atoms with Gasteiger partial charge >= 0.3 is 0 Å². The Morgan fingerprint density at radius 1 is 1.09 bits per heavy atom. The predicted molar refractivity (Wildman–Crippen MR) is 78.2 cm³/mol. The number of benzene rings is 2. The summed E-state index contributed by atoms with van der Waals surface area (Å²) in [5, 5.41) is 14.2. The number of rotatable bonds is 4. The Balaban J connectivity index is 1.66. The third-order valence-corrected chi connectivity index (χ3v) is 2.97. The monoisotopic (exact) mass is 315 g/mol. The van der Waals surface area contributed by atoms with Gasteiger partial charge in [0.15, 0.2) is 11.6 Å². The molecule has 116 valence electrons. The molecule has 0 aliphatic rings. The SMILES string of the molecule is O=C(Cn1nnc(-c2ccccc2)n1)Nc1ccc(F)c(F)c1. The molecule has 1 aromatic heterocycles. The molecule has 0 saturated heterocycles. The van der Waals surface area contributed by atoms with Crippen molar-refractivity contribution < 1.29 is 13.6 Å². The minimum atomic E-state index is -1.03. The Hall–Kier alpha value is -3.16. The van der Waals surface area contributed by atoms with Crippen molar-refractivity contribution in [3.63, 3.8) is 0 Å². The maximum Gasteiger partial charge on any atom is 0.248 e. The molecule has 0 aliphatic heterocycles. The Kier molecular flexibility index (Phi) is 4.05. The van der Waals surface area contributed by atoms with E-state index in [1.165, 1.54) is 6.07 Å². The van der Waals surface area contributed by atoms with Crippen molar-refractivity contribution in [3.05, 3.63) is 60.2 Å². The quantitative estimate of drug-likeness (QED) is 0.801. The van der Waals surface area contributed by atoms with Gasteiger partial charge in [0, 0.05) is 17.3 Å². The highest BCUT2D eigenvalue weighted by Gasteiger charge is 2.10. The molecule has 1 N–H and O–H groups in total. The summed E-state index contributed by atoms with van der Waals surface area (Å²) in [5.74, 6) is -2.10. The summed E-state index contributed by atoms with van der Waals surface area (Å²) in [7, 11) is 0. The Morgan fingerprint density at radius 2 is 1.87 bits per heavy atom. The number of tetrazole rings is 1. The molecule has 0 saturated carbocycles. The van der Waals surface area contributed by atoms with E-state index in [9.17, 15) is 13.6 Å². The summed E-state index contributed by atoms with van der Waals surface area (Å²) in [6.07, 6.45) is 0. The second kappa shape index (κ2) is 6.30. The average molecular weight is 315 g/mol. The first-order valence-corrected chi connectivity index (χ1v) is 6.70. The molecule has 3 aromatic rings. The minimum Gasteiger partial charge on any atom is -0.324 e. The molecule has 0 fully saturated rings. The average Bonchev–Trinajstić information content (AvgIpc) is 3.00. The zero-order valence-electron chi connectivity index (χ0n) is 11.8. The lowest BCUT2D eigenvalue weighted by molar-refractivity contribution is -0.117. The van der Waals surface area contributed by atoms with E-state index < -0.39 is 17.5 Å². The summed E-state index contributed by atoms with van der Waals surface area (Å²) >= 11 is 0. The van der Waals surface area contributed by atoms with Gasteiger partial charge in [0.1, 0.15) is 6.54 Å². The topological polar surface area (TPSA) is 72.7 Å². The van der Waals surface area contributed by atoms with Gasteiger partial charge in [0.05, 0.1) is 0 Å². The summed E-state index contributed by atoms with van der Waals surface area (Å²) in [6.45, 7) is -0.196. The molecule has 0 radical (unpaired) electrons. The molecule has 0 bridgehead atoms. The Bertz CT molecular complexity index is 835. The first-order valence-electron chi connectivity index (χ1n) is 6.70. The van der Waals surface area contributed by atoms with Crippen LogP contribution in [0.4, 0.5) is 14.5 Å². The number of hydrogen-bond donors (Lipinski definition) is 1. The van der Waals surface area contributed by atoms with Crippen LogP contribution in [-0.2, 0) is 11.3 Å². The van der Waals surface area contributed by atoms with Crippen LogP contribution < -0.4 is 5.32 Å². The normalized spacial score (nSPS) is 10.5. The fourth-order valence-electron chi connectivity index (χ4n) is 1.92. The highest BCUT2D eigenvalue weighted by Crippen LogP contribution is 2.14. The molecule has 23 heavy (non-hydrogen) atoms. The van der Waals surface area contributed by atoms with Gasteiger partial charge in [-0.25, -0.2) is 8.78 Å². The predicted octanol–water partition coefficient (Wildman–Crippen LogP) is 2.26. The van der Waals surface area contributed by atoms with Gasteiger partial charge in [-0.15, -0.1) is 10.2 Å². The highest BCUT2D eigenvalue weighted by molar-refractivity contribution is 5.90. The van der Waals surface area contributed by atoms with Crippen molar-refractivity contribution in [2.24, 2.45) is 0 Å². The lowest BCUT2D eigenvalue weighted by Gasteiger charge is -2.04. The molecule has 1 heterocycles. The summed E-state index contributed by atoms with van der Waals surface area (Å²) in [6, 6.07) is 12.3. The van der Waals surface area contributed by atoms with Crippen molar-refractivity contribution in [2.75, 3.05) is 5.32 Å². The van der Waals surface area contributed by atoms with Gasteiger partial charge in [-0.3, -0.25) is 4.79 Å². The van der Waals surface area contributed by atoms with Gasteiger partial charge in [0.25, 0.3) is 0 Å². The van der Waals surface area contributed by atoms with Crippen LogP contribution in [0.25, 0.3) is 11.4 Å². The third-order valence-electron chi connectivity index (χ3n) is 2.97. The lowest BCUT2D eigenvalue weighted by Crippen LogP contribution is -2.20. The molecule has 1 amide bonds. The second-order valence-corrected chi connectivity index (χ2v) is 4.69. The largest absolute Gasteiger partial charge is 0.324 e. The highest BCUT2D eigenvalue weighted by atomic mass is 19.2. The Morgan fingerprint density at radius 3 is 2.61 bits per heavy atom. The zero-order valence-corrected chi connectivity index (χ0v) is 11.8. The van der Waals surface area contributed by atoms with E-state index in [4.69, 9.17) is 0 Å². The van der Waals surface area contributed by atoms with Crippen LogP contribution in [0.1, 0.15) is 0 Å². The van der Waals surface area contributed by atoms with Crippen LogP contribution in [0, 0.1) is 11.6 Å². The first kappa shape index (κ1) is 14.8. The van der Waals surface area contributed by atoms with Gasteiger partial charge in [-0.1, -0.05) is 30.3 Å². The molecule has 0 unspecified atom stereocenters. The summed E-state index contributed by atoms with van der Waals surface area (Å²) in [5.41, 5.74) is 0.928. The maximum atomic E-state index is 13.1. The standard InChI is InChI=1S/C15H11F2N5O/c16-12-7-6-11(8-13(12)17)18-14(23)9-22-20-15(19-21-22)10-4-2-1-3-5-10/h1-8H,9H2,(H,18,23). The molecule has 0 atom stereocenters. The Labute approximate surface area is 129 Å². The van der Waals surface area contributed by atoms with Gasteiger partial charge < -0.3 is 5.32 Å². The molecule has 0 spiro atoms. The van der Waals surface area contributed by atoms with E-state index in [0.717, 1.165) is 22.5 Å². The van der Waals surface area contributed by atoms with Crippen LogP contribution in [0.5, 0.6) is 0 Å². The number of hydrogen-bond acceptors (Lipinski definition) is 4. The number of nitrogens with zero attached hydrogens (tertiary/aromatic N) is 4. The van der Waals surface area contributed by atoms with Crippen molar-refractivity contribution in [1.82, 2.24) is 20.2 Å². The molecule has 2 aromatic carbocycles. The lowest BCUT2D eigenvalue weighted by atomic mass is 10.2. The summed E-state index contributed by atoms with van der Waals surface area (Å²) < 4.78 is 25.9. The minimum absolute atomic E-state index is 0.150. The fourth-order valence-corrected chi connectivity index (χ4v) is 1.92. The van der Waals surface area contributed by atoms with Crippen LogP contribution >= 0.6 is 0 Å². The van der Waals surface area contributed by atoms with Crippen molar-refractivity contribution in [2.45, 2.75) is 6.54 Å². The van der Waals surface area contributed by atoms with Gasteiger partial charge in [-0.05, 0) is 17.3 Å². The zero-order chi connectivity index (χ0) is 16.2. The first-order chi connectivity index (χ1) is 11.1. The number of nitrogens with one attached hydrogen (secondary N) is 1. The number of halogens is 2. The number of carbonyl (C=O) groups excluding carboxylic acids is 1. The number of anilines is 1. The number of carbonyl (C=O) groups is 1. The van der Waals surface area contributed by atoms with E-state index in [1.807, 2.05) is 30.3 Å². The summed E-state index contributed by atoms with van der Waals surface area (Å²) in [4.78, 5) is 13.0. The molecule has 0 aliphatic carbocycles. The molecule has 6 nitrogen and oxygen atoms in total. The van der Waals surface area contributed by atoms with E-state index >= 15 is 0 Å².